The van der Waals surface area contributed by atoms with Crippen LogP contribution in [0.15, 0.2) is 84.4 Å². The molecule has 0 aliphatic carbocycles. The van der Waals surface area contributed by atoms with Crippen LogP contribution in [0.3, 0.4) is 0 Å². The third-order valence-corrected chi connectivity index (χ3v) is 6.03. The Labute approximate surface area is 198 Å². The topological polar surface area (TPSA) is 32.8 Å². The van der Waals surface area contributed by atoms with Crippen LogP contribution in [0.2, 0.25) is 0 Å². The van der Waals surface area contributed by atoms with Gasteiger partial charge in [0, 0.05) is 51.4 Å². The van der Waals surface area contributed by atoms with Crippen LogP contribution in [0.25, 0.3) is 0 Å². The fraction of sp³-hybridized carbons (Fsp3) is 0.276. The standard InChI is InChI=1S/C29H34N2O2/c1-21(20-32)19-28(22-11-17-27(33-6)18-12-22)29(23-7-13-25(14-8-23)30(2)3)24-9-15-26(16-10-24)31(4)5/h7-20,28-29H,1-6H3/b21-19-/t28-/m1/s1. The third-order valence-electron chi connectivity index (χ3n) is 6.03. The van der Waals surface area contributed by atoms with E-state index < -0.39 is 0 Å². The van der Waals surface area contributed by atoms with E-state index in [0.29, 0.717) is 0 Å². The zero-order valence-electron chi connectivity index (χ0n) is 20.4. The molecule has 0 radical (unpaired) electrons. The minimum Gasteiger partial charge on any atom is -0.497 e. The number of allylic oxidation sites excluding steroid dienone is 2. The minimum absolute atomic E-state index is 0.0171. The molecule has 3 aromatic rings. The predicted molar refractivity (Wildman–Crippen MR) is 139 cm³/mol. The van der Waals surface area contributed by atoms with Crippen LogP contribution in [0.1, 0.15) is 35.4 Å². The maximum atomic E-state index is 11.6. The summed E-state index contributed by atoms with van der Waals surface area (Å²) >= 11 is 0. The molecular weight excluding hydrogens is 408 g/mol. The Bertz CT molecular complexity index is 1010. The number of hydrogen-bond donors (Lipinski definition) is 0. The monoisotopic (exact) mass is 442 g/mol. The van der Waals surface area contributed by atoms with Crippen LogP contribution in [-0.2, 0) is 4.79 Å². The summed E-state index contributed by atoms with van der Waals surface area (Å²) < 4.78 is 5.37. The Morgan fingerprint density at radius 3 is 1.52 bits per heavy atom. The van der Waals surface area contributed by atoms with E-state index >= 15 is 0 Å². The lowest BCUT2D eigenvalue weighted by Crippen LogP contribution is -2.14. The fourth-order valence-electron chi connectivity index (χ4n) is 4.10. The largest absolute Gasteiger partial charge is 0.497 e. The van der Waals surface area contributed by atoms with Crippen molar-refractivity contribution in [1.82, 2.24) is 0 Å². The summed E-state index contributed by atoms with van der Waals surface area (Å²) in [5.74, 6) is 0.841. The van der Waals surface area contributed by atoms with Gasteiger partial charge in [-0.05, 0) is 65.6 Å². The first-order valence-corrected chi connectivity index (χ1v) is 11.2. The van der Waals surface area contributed by atoms with Crippen molar-refractivity contribution in [2.45, 2.75) is 18.8 Å². The highest BCUT2D eigenvalue weighted by molar-refractivity contribution is 5.72. The van der Waals surface area contributed by atoms with Gasteiger partial charge in [-0.2, -0.15) is 0 Å². The molecule has 3 rings (SSSR count). The van der Waals surface area contributed by atoms with Gasteiger partial charge in [0.25, 0.3) is 0 Å². The quantitative estimate of drug-likeness (QED) is 0.306. The molecule has 0 saturated heterocycles. The van der Waals surface area contributed by atoms with Gasteiger partial charge in [-0.25, -0.2) is 0 Å². The Hall–Kier alpha value is -3.53. The number of rotatable bonds is 9. The number of methoxy groups -OCH3 is 1. The molecule has 0 aliphatic rings. The zero-order valence-corrected chi connectivity index (χ0v) is 20.4. The average Bonchev–Trinajstić information content (AvgIpc) is 2.84. The lowest BCUT2D eigenvalue weighted by atomic mass is 9.76. The summed E-state index contributed by atoms with van der Waals surface area (Å²) in [5.41, 5.74) is 6.57. The predicted octanol–water partition coefficient (Wildman–Crippen LogP) is 5.89. The zero-order chi connectivity index (χ0) is 24.0. The number of benzene rings is 3. The Morgan fingerprint density at radius 2 is 1.15 bits per heavy atom. The first kappa shape index (κ1) is 24.1. The van der Waals surface area contributed by atoms with Crippen LogP contribution in [0.5, 0.6) is 5.75 Å². The molecule has 4 nitrogen and oxygen atoms in total. The van der Waals surface area contributed by atoms with Crippen molar-refractivity contribution >= 4 is 17.7 Å². The lowest BCUT2D eigenvalue weighted by molar-refractivity contribution is -0.104. The van der Waals surface area contributed by atoms with Gasteiger partial charge in [0.15, 0.2) is 0 Å². The van der Waals surface area contributed by atoms with Crippen LogP contribution in [0, 0.1) is 0 Å². The maximum absolute atomic E-state index is 11.6. The summed E-state index contributed by atoms with van der Waals surface area (Å²) in [5, 5.41) is 0. The van der Waals surface area contributed by atoms with Crippen molar-refractivity contribution in [3.05, 3.63) is 101 Å². The Morgan fingerprint density at radius 1 is 0.727 bits per heavy atom. The Kier molecular flexibility index (Phi) is 7.94. The first-order chi connectivity index (χ1) is 15.8. The van der Waals surface area contributed by atoms with Gasteiger partial charge in [0.05, 0.1) is 7.11 Å². The number of nitrogens with zero attached hydrogens (tertiary/aromatic N) is 2. The van der Waals surface area contributed by atoms with E-state index in [1.807, 2.05) is 47.2 Å². The molecule has 0 spiro atoms. The van der Waals surface area contributed by atoms with E-state index in [9.17, 15) is 4.79 Å². The smallest absolute Gasteiger partial charge is 0.145 e. The molecule has 33 heavy (non-hydrogen) atoms. The van der Waals surface area contributed by atoms with Crippen molar-refractivity contribution in [1.29, 1.82) is 0 Å². The Balaban J connectivity index is 2.18. The second-order valence-electron chi connectivity index (χ2n) is 8.78. The maximum Gasteiger partial charge on any atom is 0.145 e. The highest BCUT2D eigenvalue weighted by Gasteiger charge is 2.26. The number of hydrogen-bond acceptors (Lipinski definition) is 4. The third kappa shape index (κ3) is 5.83. The average molecular weight is 443 g/mol. The van der Waals surface area contributed by atoms with E-state index in [1.165, 1.54) is 11.1 Å². The lowest BCUT2D eigenvalue weighted by Gasteiger charge is -2.28. The summed E-state index contributed by atoms with van der Waals surface area (Å²) in [6.45, 7) is 1.87. The highest BCUT2D eigenvalue weighted by atomic mass is 16.5. The number of carbonyl (C=O) groups is 1. The molecule has 0 heterocycles. The molecule has 172 valence electrons. The molecule has 1 atom stereocenters. The van der Waals surface area contributed by atoms with Gasteiger partial charge >= 0.3 is 0 Å². The van der Waals surface area contributed by atoms with Crippen molar-refractivity contribution in [3.63, 3.8) is 0 Å². The van der Waals surface area contributed by atoms with Crippen LogP contribution in [0.4, 0.5) is 11.4 Å². The minimum atomic E-state index is -0.0171. The summed E-state index contributed by atoms with van der Waals surface area (Å²) in [6.07, 6.45) is 3.01. The van der Waals surface area contributed by atoms with Crippen LogP contribution >= 0.6 is 0 Å². The SMILES string of the molecule is COc1ccc([C@@H](/C=C(/C)C=O)C(c2ccc(N(C)C)cc2)c2ccc(N(C)C)cc2)cc1. The molecule has 4 heteroatoms. The number of aldehydes is 1. The number of anilines is 2. The van der Waals surface area contributed by atoms with E-state index in [4.69, 9.17) is 4.74 Å². The van der Waals surface area contributed by atoms with Gasteiger partial charge in [0.1, 0.15) is 12.0 Å². The van der Waals surface area contributed by atoms with Gasteiger partial charge in [-0.1, -0.05) is 42.5 Å². The van der Waals surface area contributed by atoms with Crippen molar-refractivity contribution in [2.24, 2.45) is 0 Å². The van der Waals surface area contributed by atoms with Crippen LogP contribution < -0.4 is 14.5 Å². The normalized spacial score (nSPS) is 12.4. The van der Waals surface area contributed by atoms with Gasteiger partial charge in [-0.3, -0.25) is 4.79 Å². The van der Waals surface area contributed by atoms with Crippen molar-refractivity contribution < 1.29 is 9.53 Å². The molecular formula is C29H34N2O2. The second-order valence-corrected chi connectivity index (χ2v) is 8.78. The van der Waals surface area contributed by atoms with Crippen molar-refractivity contribution in [3.8, 4) is 5.75 Å². The molecule has 3 aromatic carbocycles. The van der Waals surface area contributed by atoms with Gasteiger partial charge < -0.3 is 14.5 Å². The summed E-state index contributed by atoms with van der Waals surface area (Å²) in [4.78, 5) is 15.8. The van der Waals surface area contributed by atoms with E-state index in [1.54, 1.807) is 7.11 Å². The highest BCUT2D eigenvalue weighted by Crippen LogP contribution is 2.41. The molecule has 0 fully saturated rings. The van der Waals surface area contributed by atoms with Crippen LogP contribution in [-0.4, -0.2) is 41.6 Å². The van der Waals surface area contributed by atoms with Crippen molar-refractivity contribution in [2.75, 3.05) is 45.1 Å². The molecule has 0 N–H and O–H groups in total. The van der Waals surface area contributed by atoms with E-state index in [-0.39, 0.29) is 11.8 Å². The molecule has 0 unspecified atom stereocenters. The number of ether oxygens (including phenoxy) is 1. The number of carbonyl (C=O) groups excluding carboxylic acids is 1. The fourth-order valence-corrected chi connectivity index (χ4v) is 4.10. The van der Waals surface area contributed by atoms with E-state index in [0.717, 1.165) is 34.5 Å². The second kappa shape index (κ2) is 10.9. The molecule has 0 amide bonds. The molecule has 0 aliphatic heterocycles. The summed E-state index contributed by atoms with van der Waals surface area (Å²) in [7, 11) is 9.85. The molecule has 0 saturated carbocycles. The molecule has 0 bridgehead atoms. The van der Waals surface area contributed by atoms with Gasteiger partial charge in [0.2, 0.25) is 0 Å². The summed E-state index contributed by atoms with van der Waals surface area (Å²) in [6, 6.07) is 25.5. The van der Waals surface area contributed by atoms with Gasteiger partial charge in [-0.15, -0.1) is 0 Å². The molecule has 0 aromatic heterocycles. The first-order valence-electron chi connectivity index (χ1n) is 11.2. The van der Waals surface area contributed by atoms with E-state index in [2.05, 4.69) is 76.5 Å².